The summed E-state index contributed by atoms with van der Waals surface area (Å²) >= 11 is 1.45. The van der Waals surface area contributed by atoms with Gasteiger partial charge >= 0.3 is 12.1 Å². The monoisotopic (exact) mass is 806 g/mol. The van der Waals surface area contributed by atoms with Crippen LogP contribution >= 0.6 is 11.3 Å². The van der Waals surface area contributed by atoms with Gasteiger partial charge in [0.05, 0.1) is 24.4 Å². The SMILES string of the molecule is CC[C@@H]1CC1(NC(=O)[C@@H]1C[C@H](Oc2cc(-c3csc(NC(C)C)n3)nc3cc(OCCO)ccc23)CN1C(=O)[C@@H](NC(=O)OC1C[C@@H]2C[C@@H]2C1)C(C)(C)C)C(=O)O. The van der Waals surface area contributed by atoms with Crippen molar-refractivity contribution >= 4 is 51.2 Å². The first-order chi connectivity index (χ1) is 27.1. The fourth-order valence-corrected chi connectivity index (χ4v) is 9.24. The van der Waals surface area contributed by atoms with Crippen molar-refractivity contribution in [2.45, 2.75) is 116 Å². The van der Waals surface area contributed by atoms with Gasteiger partial charge in [-0.15, -0.1) is 11.3 Å². The number of thiazole rings is 1. The Balaban J connectivity index is 1.19. The number of pyridine rings is 1. The maximum absolute atomic E-state index is 14.7. The van der Waals surface area contributed by atoms with Gasteiger partial charge in [0, 0.05) is 35.4 Å². The summed E-state index contributed by atoms with van der Waals surface area (Å²) in [4.78, 5) is 65.6. The van der Waals surface area contributed by atoms with E-state index in [9.17, 15) is 29.4 Å². The highest BCUT2D eigenvalue weighted by Gasteiger charge is 2.61. The quantitative estimate of drug-likeness (QED) is 0.135. The summed E-state index contributed by atoms with van der Waals surface area (Å²) in [5.41, 5.74) is -0.490. The van der Waals surface area contributed by atoms with Crippen LogP contribution in [0.15, 0.2) is 29.6 Å². The molecule has 7 rings (SSSR count). The van der Waals surface area contributed by atoms with Crippen molar-refractivity contribution in [3.8, 4) is 22.9 Å². The Hall–Kier alpha value is -4.70. The maximum Gasteiger partial charge on any atom is 0.408 e. The molecule has 3 amide bonds. The smallest absolute Gasteiger partial charge is 0.408 e. The number of amides is 3. The average molecular weight is 807 g/mol. The highest BCUT2D eigenvalue weighted by Crippen LogP contribution is 2.52. The predicted octanol–water partition coefficient (Wildman–Crippen LogP) is 5.21. The third-order valence-corrected chi connectivity index (χ3v) is 12.4. The van der Waals surface area contributed by atoms with Crippen molar-refractivity contribution < 1.29 is 43.6 Å². The summed E-state index contributed by atoms with van der Waals surface area (Å²) in [7, 11) is 0. The minimum atomic E-state index is -1.41. The van der Waals surface area contributed by atoms with Gasteiger partial charge in [-0.3, -0.25) is 9.59 Å². The number of aliphatic hydroxyl groups is 1. The first kappa shape index (κ1) is 40.5. The fourth-order valence-electron chi connectivity index (χ4n) is 8.38. The molecule has 1 aliphatic heterocycles. The number of carboxylic acid groups (broad SMARTS) is 1. The molecule has 2 unspecified atom stereocenters. The molecule has 4 fully saturated rings. The molecule has 1 aromatic carbocycles. The van der Waals surface area contributed by atoms with Crippen molar-refractivity contribution in [3.05, 3.63) is 29.6 Å². The van der Waals surface area contributed by atoms with E-state index in [0.29, 0.717) is 58.5 Å². The van der Waals surface area contributed by atoms with Gasteiger partial charge in [-0.1, -0.05) is 34.1 Å². The molecule has 0 bridgehead atoms. The van der Waals surface area contributed by atoms with Crippen LogP contribution < -0.4 is 25.4 Å². The molecular formula is C41H54N6O9S. The normalized spacial score (nSPS) is 26.8. The Bertz CT molecular complexity index is 2010. The molecule has 1 saturated heterocycles. The van der Waals surface area contributed by atoms with Crippen molar-refractivity contribution in [1.82, 2.24) is 25.5 Å². The van der Waals surface area contributed by atoms with Gasteiger partial charge in [0.1, 0.15) is 53.6 Å². The zero-order chi connectivity index (χ0) is 40.8. The van der Waals surface area contributed by atoms with Crippen molar-refractivity contribution in [2.75, 3.05) is 25.1 Å². The highest BCUT2D eigenvalue weighted by atomic mass is 32.1. The molecule has 3 aliphatic carbocycles. The second-order valence-corrected chi connectivity index (χ2v) is 18.2. The van der Waals surface area contributed by atoms with E-state index in [4.69, 9.17) is 24.2 Å². The van der Waals surface area contributed by atoms with Crippen LogP contribution in [-0.2, 0) is 19.1 Å². The molecule has 0 spiro atoms. The number of aliphatic hydroxyl groups excluding tert-OH is 1. The van der Waals surface area contributed by atoms with Crippen LogP contribution in [0.2, 0.25) is 0 Å². The van der Waals surface area contributed by atoms with Crippen LogP contribution in [0.4, 0.5) is 9.93 Å². The molecule has 5 N–H and O–H groups in total. The van der Waals surface area contributed by atoms with Gasteiger partial charge in [0.15, 0.2) is 5.13 Å². The summed E-state index contributed by atoms with van der Waals surface area (Å²) < 4.78 is 18.2. The molecule has 8 atom stereocenters. The number of hydrogen-bond acceptors (Lipinski definition) is 12. The minimum absolute atomic E-state index is 0.0144. The maximum atomic E-state index is 14.7. The second kappa shape index (κ2) is 15.9. The molecular weight excluding hydrogens is 753 g/mol. The van der Waals surface area contributed by atoms with Gasteiger partial charge in [-0.25, -0.2) is 19.6 Å². The number of rotatable bonds is 15. The number of ether oxygens (including phenoxy) is 3. The van der Waals surface area contributed by atoms with E-state index in [-0.39, 0.29) is 44.2 Å². The van der Waals surface area contributed by atoms with Gasteiger partial charge in [-0.05, 0) is 74.8 Å². The Morgan fingerprint density at radius 1 is 1.04 bits per heavy atom. The van der Waals surface area contributed by atoms with Crippen LogP contribution in [-0.4, -0.2) is 105 Å². The Morgan fingerprint density at radius 3 is 2.44 bits per heavy atom. The van der Waals surface area contributed by atoms with E-state index < -0.39 is 53.0 Å². The molecule has 4 aliphatic rings. The van der Waals surface area contributed by atoms with Crippen LogP contribution in [0, 0.1) is 23.2 Å². The first-order valence-electron chi connectivity index (χ1n) is 20.0. The van der Waals surface area contributed by atoms with Gasteiger partial charge in [-0.2, -0.15) is 0 Å². The first-order valence-corrected chi connectivity index (χ1v) is 20.9. The van der Waals surface area contributed by atoms with Crippen molar-refractivity contribution in [2.24, 2.45) is 23.2 Å². The van der Waals surface area contributed by atoms with E-state index in [1.165, 1.54) is 22.7 Å². The average Bonchev–Trinajstić information content (AvgIpc) is 3.82. The molecule has 3 aromatic rings. The lowest BCUT2D eigenvalue weighted by Gasteiger charge is -2.35. The fraction of sp³-hybridized carbons (Fsp3) is 0.610. The van der Waals surface area contributed by atoms with E-state index in [1.807, 2.05) is 46.9 Å². The van der Waals surface area contributed by atoms with E-state index >= 15 is 0 Å². The number of aliphatic carboxylic acids is 1. The zero-order valence-electron chi connectivity index (χ0n) is 33.4. The number of likely N-dealkylation sites (tertiary alicyclic amines) is 1. The molecule has 3 heterocycles. The minimum Gasteiger partial charge on any atom is -0.491 e. The number of nitrogens with one attached hydrogen (secondary N) is 3. The number of nitrogens with zero attached hydrogens (tertiary/aromatic N) is 3. The van der Waals surface area contributed by atoms with Crippen LogP contribution in [0.5, 0.6) is 11.5 Å². The van der Waals surface area contributed by atoms with E-state index in [1.54, 1.807) is 24.3 Å². The lowest BCUT2D eigenvalue weighted by atomic mass is 9.85. The Labute approximate surface area is 336 Å². The molecule has 308 valence electrons. The van der Waals surface area contributed by atoms with Crippen LogP contribution in [0.25, 0.3) is 22.3 Å². The second-order valence-electron chi connectivity index (χ2n) is 17.3. The Morgan fingerprint density at radius 2 is 1.79 bits per heavy atom. The van der Waals surface area contributed by atoms with Crippen LogP contribution in [0.3, 0.4) is 0 Å². The number of carbonyl (C=O) groups is 4. The molecule has 15 nitrogen and oxygen atoms in total. The van der Waals surface area contributed by atoms with Gasteiger partial charge in [0.2, 0.25) is 11.8 Å². The number of benzene rings is 1. The van der Waals surface area contributed by atoms with Gasteiger partial charge < -0.3 is 45.3 Å². The number of fused-ring (bicyclic) bond motifs is 2. The summed E-state index contributed by atoms with van der Waals surface area (Å²) in [5.74, 6) is -0.277. The highest BCUT2D eigenvalue weighted by molar-refractivity contribution is 7.14. The largest absolute Gasteiger partial charge is 0.491 e. The number of aromatic nitrogens is 2. The number of anilines is 1. The Kier molecular flexibility index (Phi) is 11.3. The topological polar surface area (TPSA) is 202 Å². The number of alkyl carbamates (subject to hydrolysis) is 1. The summed E-state index contributed by atoms with van der Waals surface area (Å²) in [6.07, 6.45) is 2.18. The third kappa shape index (κ3) is 8.76. The number of hydrogen-bond donors (Lipinski definition) is 5. The zero-order valence-corrected chi connectivity index (χ0v) is 34.2. The number of carboxylic acids is 1. The van der Waals surface area contributed by atoms with Crippen molar-refractivity contribution in [3.63, 3.8) is 0 Å². The third-order valence-electron chi connectivity index (χ3n) is 11.6. The lowest BCUT2D eigenvalue weighted by Crippen LogP contribution is -2.59. The molecule has 57 heavy (non-hydrogen) atoms. The van der Waals surface area contributed by atoms with Gasteiger partial charge in [0.25, 0.3) is 0 Å². The predicted molar refractivity (Wildman–Crippen MR) is 213 cm³/mol. The summed E-state index contributed by atoms with van der Waals surface area (Å²) in [6, 6.07) is 5.11. The van der Waals surface area contributed by atoms with E-state index in [2.05, 4.69) is 16.0 Å². The summed E-state index contributed by atoms with van der Waals surface area (Å²) in [5, 5.41) is 31.7. The standard InChI is InChI=1S/C41H54N6O9S/c1-7-24-18-41(24,37(51)52)46-35(49)32-16-27(19-47(32)36(50)34(40(4,5)6)45-39(53)56-26-13-22-12-23(22)14-26)55-33-17-30(31-20-57-38(44-31)42-21(2)3)43-29-15-25(54-11-10-48)8-9-28(29)33/h8-9,15,17,20-24,26-27,32,34,48H,7,10-14,16,18-19H2,1-6H3,(H,42,44)(H,45,53)(H,46,49)(H,51,52)/t22-,23+,24-,26?,27+,32+,34-,41?/m1/s1. The molecule has 2 aromatic heterocycles. The van der Waals surface area contributed by atoms with Crippen LogP contribution in [0.1, 0.15) is 80.1 Å². The summed E-state index contributed by atoms with van der Waals surface area (Å²) in [6.45, 7) is 11.4. The molecule has 3 saturated carbocycles. The lowest BCUT2D eigenvalue weighted by molar-refractivity contribution is -0.146. The van der Waals surface area contributed by atoms with Crippen molar-refractivity contribution in [1.29, 1.82) is 0 Å². The molecule has 0 radical (unpaired) electrons. The van der Waals surface area contributed by atoms with E-state index in [0.717, 1.165) is 18.0 Å². The molecule has 16 heteroatoms. The number of carbonyl (C=O) groups excluding carboxylic acids is 3.